The van der Waals surface area contributed by atoms with E-state index in [-0.39, 0.29) is 6.10 Å². The van der Waals surface area contributed by atoms with E-state index in [0.717, 1.165) is 17.5 Å². The van der Waals surface area contributed by atoms with Gasteiger partial charge in [0, 0.05) is 12.4 Å². The molecule has 68 valence electrons. The highest BCUT2D eigenvalue weighted by atomic mass is 79.9. The van der Waals surface area contributed by atoms with E-state index in [1.165, 1.54) is 5.57 Å². The van der Waals surface area contributed by atoms with E-state index in [1.807, 2.05) is 12.2 Å². The zero-order chi connectivity index (χ0) is 8.97. The van der Waals surface area contributed by atoms with Crippen LogP contribution in [-0.4, -0.2) is 25.7 Å². The Morgan fingerprint density at radius 2 is 2.33 bits per heavy atom. The molecule has 0 aromatic rings. The summed E-state index contributed by atoms with van der Waals surface area (Å²) in [6, 6.07) is 0. The molecule has 1 aliphatic carbocycles. The normalized spacial score (nSPS) is 23.1. The first kappa shape index (κ1) is 9.81. The summed E-state index contributed by atoms with van der Waals surface area (Å²) in [7, 11) is 3.41. The van der Waals surface area contributed by atoms with Gasteiger partial charge in [0.05, 0.1) is 13.2 Å². The van der Waals surface area contributed by atoms with Crippen LogP contribution in [0.5, 0.6) is 0 Å². The fourth-order valence-electron chi connectivity index (χ4n) is 1.22. The van der Waals surface area contributed by atoms with E-state index in [4.69, 9.17) is 9.47 Å². The average molecular weight is 233 g/mol. The van der Waals surface area contributed by atoms with Gasteiger partial charge in [-0.25, -0.2) is 0 Å². The second-order valence-corrected chi connectivity index (χ2v) is 3.18. The lowest BCUT2D eigenvalue weighted by Gasteiger charge is -2.20. The van der Waals surface area contributed by atoms with Crippen LogP contribution in [0, 0.1) is 0 Å². The van der Waals surface area contributed by atoms with Crippen LogP contribution in [-0.2, 0) is 9.47 Å². The van der Waals surface area contributed by atoms with Gasteiger partial charge in [0.15, 0.2) is 0 Å². The molecule has 0 saturated heterocycles. The zero-order valence-corrected chi connectivity index (χ0v) is 8.93. The fraction of sp³-hybridized carbons (Fsp3) is 0.556. The molecule has 1 atom stereocenters. The van der Waals surface area contributed by atoms with E-state index in [2.05, 4.69) is 15.9 Å². The van der Waals surface area contributed by atoms with Gasteiger partial charge >= 0.3 is 0 Å². The van der Waals surface area contributed by atoms with Gasteiger partial charge in [-0.3, -0.25) is 0 Å². The predicted molar refractivity (Wildman–Crippen MR) is 52.4 cm³/mol. The average Bonchev–Trinajstić information content (AvgIpc) is 2.16. The number of hydrogen-bond donors (Lipinski definition) is 0. The first-order valence-electron chi connectivity index (χ1n) is 3.85. The molecular weight excluding hydrogens is 220 g/mol. The Hall–Kier alpha value is -0.280. The third kappa shape index (κ3) is 2.11. The van der Waals surface area contributed by atoms with Crippen LogP contribution in [0.25, 0.3) is 0 Å². The van der Waals surface area contributed by atoms with Crippen LogP contribution < -0.4 is 0 Å². The van der Waals surface area contributed by atoms with Crippen molar-refractivity contribution < 1.29 is 9.47 Å². The van der Waals surface area contributed by atoms with Crippen molar-refractivity contribution in [3.05, 3.63) is 23.5 Å². The quantitative estimate of drug-likeness (QED) is 0.696. The molecule has 2 nitrogen and oxygen atoms in total. The highest BCUT2D eigenvalue weighted by Crippen LogP contribution is 2.21. The number of rotatable bonds is 3. The van der Waals surface area contributed by atoms with Crippen LogP contribution in [0.1, 0.15) is 6.42 Å². The van der Waals surface area contributed by atoms with Crippen molar-refractivity contribution in [1.29, 1.82) is 0 Å². The number of allylic oxidation sites excluding steroid dienone is 1. The summed E-state index contributed by atoms with van der Waals surface area (Å²) in [6.45, 7) is 0. The number of alkyl halides is 1. The lowest BCUT2D eigenvalue weighted by molar-refractivity contribution is 0.130. The Balaban J connectivity index is 2.71. The first-order valence-corrected chi connectivity index (χ1v) is 4.97. The summed E-state index contributed by atoms with van der Waals surface area (Å²) >= 11 is 3.42. The molecule has 0 amide bonds. The molecule has 0 heterocycles. The Morgan fingerprint density at radius 1 is 1.58 bits per heavy atom. The van der Waals surface area contributed by atoms with E-state index in [1.54, 1.807) is 14.2 Å². The number of hydrogen-bond acceptors (Lipinski definition) is 2. The van der Waals surface area contributed by atoms with Gasteiger partial charge in [-0.2, -0.15) is 0 Å². The number of methoxy groups -OCH3 is 2. The van der Waals surface area contributed by atoms with Crippen LogP contribution in [0.15, 0.2) is 23.5 Å². The minimum Gasteiger partial charge on any atom is -0.497 e. The Kier molecular flexibility index (Phi) is 3.82. The summed E-state index contributed by atoms with van der Waals surface area (Å²) in [5.41, 5.74) is 1.23. The monoisotopic (exact) mass is 232 g/mol. The summed E-state index contributed by atoms with van der Waals surface area (Å²) in [4.78, 5) is 0. The largest absolute Gasteiger partial charge is 0.497 e. The second kappa shape index (κ2) is 4.67. The van der Waals surface area contributed by atoms with E-state index in [9.17, 15) is 0 Å². The topological polar surface area (TPSA) is 18.5 Å². The maximum Gasteiger partial charge on any atom is 0.115 e. The number of ether oxygens (including phenoxy) is 2. The molecule has 0 bridgehead atoms. The van der Waals surface area contributed by atoms with Crippen LogP contribution in [0.3, 0.4) is 0 Å². The number of halogens is 1. The molecule has 1 unspecified atom stereocenters. The zero-order valence-electron chi connectivity index (χ0n) is 7.34. The van der Waals surface area contributed by atoms with Crippen molar-refractivity contribution in [2.24, 2.45) is 0 Å². The predicted octanol–water partition coefficient (Wildman–Crippen LogP) is 2.26. The van der Waals surface area contributed by atoms with Crippen LogP contribution >= 0.6 is 15.9 Å². The third-order valence-corrected chi connectivity index (χ3v) is 2.60. The Labute approximate surface area is 81.4 Å². The van der Waals surface area contributed by atoms with Crippen molar-refractivity contribution in [2.45, 2.75) is 12.5 Å². The Bertz CT molecular complexity index is 209. The molecular formula is C9H13BrO2. The highest BCUT2D eigenvalue weighted by molar-refractivity contribution is 9.09. The van der Waals surface area contributed by atoms with Crippen molar-refractivity contribution in [1.82, 2.24) is 0 Å². The van der Waals surface area contributed by atoms with Crippen molar-refractivity contribution >= 4 is 15.9 Å². The molecule has 0 saturated carbocycles. The Morgan fingerprint density at radius 3 is 2.83 bits per heavy atom. The summed E-state index contributed by atoms with van der Waals surface area (Å²) in [6.07, 6.45) is 5.17. The maximum atomic E-state index is 5.29. The van der Waals surface area contributed by atoms with Gasteiger partial charge in [-0.05, 0) is 24.1 Å². The minimum atomic E-state index is 0.211. The molecule has 1 rings (SSSR count). The van der Waals surface area contributed by atoms with Gasteiger partial charge in [-0.1, -0.05) is 15.9 Å². The molecule has 12 heavy (non-hydrogen) atoms. The third-order valence-electron chi connectivity index (χ3n) is 1.95. The van der Waals surface area contributed by atoms with Crippen molar-refractivity contribution in [3.63, 3.8) is 0 Å². The lowest BCUT2D eigenvalue weighted by atomic mass is 10.0. The SMILES string of the molecule is COC1=CCC(OC)C(CBr)=C1. The van der Waals surface area contributed by atoms with E-state index >= 15 is 0 Å². The van der Waals surface area contributed by atoms with Crippen LogP contribution in [0.2, 0.25) is 0 Å². The van der Waals surface area contributed by atoms with Gasteiger partial charge in [-0.15, -0.1) is 0 Å². The second-order valence-electron chi connectivity index (χ2n) is 2.62. The van der Waals surface area contributed by atoms with Gasteiger partial charge < -0.3 is 9.47 Å². The summed E-state index contributed by atoms with van der Waals surface area (Å²) < 4.78 is 10.4. The first-order chi connectivity index (χ1) is 5.81. The maximum absolute atomic E-state index is 5.29. The molecule has 0 aromatic heterocycles. The van der Waals surface area contributed by atoms with E-state index < -0.39 is 0 Å². The standard InChI is InChI=1S/C9H13BrO2/c1-11-8-3-4-9(12-2)7(5-8)6-10/h3,5,9H,4,6H2,1-2H3. The smallest absolute Gasteiger partial charge is 0.115 e. The molecule has 0 spiro atoms. The van der Waals surface area contributed by atoms with Gasteiger partial charge in [0.1, 0.15) is 5.76 Å². The van der Waals surface area contributed by atoms with Crippen molar-refractivity contribution in [3.8, 4) is 0 Å². The molecule has 1 aliphatic rings. The lowest BCUT2D eigenvalue weighted by Crippen LogP contribution is -2.17. The van der Waals surface area contributed by atoms with Gasteiger partial charge in [0.25, 0.3) is 0 Å². The van der Waals surface area contributed by atoms with Gasteiger partial charge in [0.2, 0.25) is 0 Å². The summed E-state index contributed by atoms with van der Waals surface area (Å²) in [5.74, 6) is 0.928. The molecule has 0 N–H and O–H groups in total. The minimum absolute atomic E-state index is 0.211. The molecule has 0 aliphatic heterocycles. The van der Waals surface area contributed by atoms with E-state index in [0.29, 0.717) is 0 Å². The van der Waals surface area contributed by atoms with Crippen molar-refractivity contribution in [2.75, 3.05) is 19.5 Å². The molecule has 3 heteroatoms. The fourth-order valence-corrected chi connectivity index (χ4v) is 1.75. The molecule has 0 radical (unpaired) electrons. The van der Waals surface area contributed by atoms with Crippen LogP contribution in [0.4, 0.5) is 0 Å². The summed E-state index contributed by atoms with van der Waals surface area (Å²) in [5, 5.41) is 0.839. The molecule has 0 fully saturated rings. The molecule has 0 aromatic carbocycles. The highest BCUT2D eigenvalue weighted by Gasteiger charge is 2.16.